The monoisotopic (exact) mass is 353 g/mol. The van der Waals surface area contributed by atoms with E-state index in [9.17, 15) is 14.7 Å². The molecule has 0 aliphatic carbocycles. The molecule has 8 heteroatoms. The van der Waals surface area contributed by atoms with Crippen LogP contribution in [0.3, 0.4) is 0 Å². The minimum Gasteiger partial charge on any atom is -0.490 e. The molecule has 7 nitrogen and oxygen atoms in total. The highest BCUT2D eigenvalue weighted by Gasteiger charge is 2.48. The summed E-state index contributed by atoms with van der Waals surface area (Å²) < 4.78 is 17.4. The van der Waals surface area contributed by atoms with Crippen LogP contribution >= 0.6 is 11.9 Å². The van der Waals surface area contributed by atoms with Gasteiger partial charge in [-0.3, -0.25) is 9.10 Å². The van der Waals surface area contributed by atoms with Crippen molar-refractivity contribution in [3.63, 3.8) is 0 Å². The van der Waals surface area contributed by atoms with Gasteiger partial charge in [0, 0.05) is 0 Å². The van der Waals surface area contributed by atoms with E-state index in [0.29, 0.717) is 31.1 Å². The Balaban J connectivity index is 1.78. The topological polar surface area (TPSA) is 85.3 Å². The Kier molecular flexibility index (Phi) is 4.98. The largest absolute Gasteiger partial charge is 0.490 e. The Labute approximate surface area is 144 Å². The van der Waals surface area contributed by atoms with Crippen molar-refractivity contribution in [2.75, 3.05) is 39.6 Å². The minimum atomic E-state index is -0.845. The van der Waals surface area contributed by atoms with Crippen LogP contribution in [0.2, 0.25) is 0 Å². The number of aliphatic hydroxyl groups is 1. The fraction of sp³-hybridized carbons (Fsp3) is 0.500. The van der Waals surface area contributed by atoms with Gasteiger partial charge in [-0.1, -0.05) is 0 Å². The predicted molar refractivity (Wildman–Crippen MR) is 85.8 cm³/mol. The van der Waals surface area contributed by atoms with E-state index in [4.69, 9.17) is 14.2 Å². The van der Waals surface area contributed by atoms with Crippen molar-refractivity contribution in [2.24, 2.45) is 5.41 Å². The summed E-state index contributed by atoms with van der Waals surface area (Å²) in [5, 5.41) is 9.53. The molecule has 2 aliphatic heterocycles. The number of carbonyl (C=O) groups is 2. The maximum absolute atomic E-state index is 12.7. The average molecular weight is 353 g/mol. The molecular weight excluding hydrogens is 334 g/mol. The quantitative estimate of drug-likeness (QED) is 0.641. The Morgan fingerprint density at radius 2 is 2.21 bits per heavy atom. The Bertz CT molecular complexity index is 640. The van der Waals surface area contributed by atoms with Crippen LogP contribution < -0.4 is 4.74 Å². The van der Waals surface area contributed by atoms with E-state index in [2.05, 4.69) is 0 Å². The first-order valence-corrected chi connectivity index (χ1v) is 8.49. The van der Waals surface area contributed by atoms with Crippen molar-refractivity contribution in [1.82, 2.24) is 4.31 Å². The van der Waals surface area contributed by atoms with Crippen LogP contribution in [0, 0.1) is 5.41 Å². The van der Waals surface area contributed by atoms with Gasteiger partial charge < -0.3 is 19.3 Å². The predicted octanol–water partition coefficient (Wildman–Crippen LogP) is 1.10. The highest BCUT2D eigenvalue weighted by molar-refractivity contribution is 7.97. The fourth-order valence-electron chi connectivity index (χ4n) is 2.48. The molecule has 1 amide bonds. The van der Waals surface area contributed by atoms with Gasteiger partial charge in [0.15, 0.2) is 0 Å². The number of esters is 1. The van der Waals surface area contributed by atoms with Crippen molar-refractivity contribution in [2.45, 2.75) is 11.8 Å². The molecule has 1 saturated heterocycles. The Hall–Kier alpha value is -1.77. The number of benzene rings is 1. The van der Waals surface area contributed by atoms with E-state index in [-0.39, 0.29) is 25.7 Å². The van der Waals surface area contributed by atoms with Crippen molar-refractivity contribution < 1.29 is 28.9 Å². The second-order valence-corrected chi connectivity index (χ2v) is 6.72. The van der Waals surface area contributed by atoms with E-state index >= 15 is 0 Å². The molecule has 1 fully saturated rings. The van der Waals surface area contributed by atoms with Crippen molar-refractivity contribution in [1.29, 1.82) is 0 Å². The van der Waals surface area contributed by atoms with Crippen molar-refractivity contribution in [3.05, 3.63) is 23.8 Å². The van der Waals surface area contributed by atoms with Crippen LogP contribution in [-0.4, -0.2) is 60.9 Å². The van der Waals surface area contributed by atoms with E-state index < -0.39 is 11.4 Å². The van der Waals surface area contributed by atoms with Gasteiger partial charge >= 0.3 is 5.97 Å². The maximum atomic E-state index is 12.7. The van der Waals surface area contributed by atoms with Crippen molar-refractivity contribution >= 4 is 23.8 Å². The highest BCUT2D eigenvalue weighted by atomic mass is 32.2. The normalized spacial score (nSPS) is 18.7. The molecule has 1 N–H and O–H groups in total. The second kappa shape index (κ2) is 7.00. The summed E-state index contributed by atoms with van der Waals surface area (Å²) in [6.07, 6.45) is 0. The molecule has 0 bridgehead atoms. The molecule has 0 unspecified atom stereocenters. The molecule has 0 saturated carbocycles. The van der Waals surface area contributed by atoms with Gasteiger partial charge in [-0.05, 0) is 37.1 Å². The molecule has 1 aromatic rings. The van der Waals surface area contributed by atoms with Crippen LogP contribution in [0.25, 0.3) is 0 Å². The van der Waals surface area contributed by atoms with Crippen LogP contribution in [0.4, 0.5) is 0 Å². The van der Waals surface area contributed by atoms with Crippen LogP contribution in [0.1, 0.15) is 17.3 Å². The van der Waals surface area contributed by atoms with Crippen LogP contribution in [0.5, 0.6) is 5.75 Å². The maximum Gasteiger partial charge on any atom is 0.338 e. The zero-order valence-corrected chi connectivity index (χ0v) is 14.1. The molecule has 2 aliphatic rings. The first kappa shape index (κ1) is 17.1. The summed E-state index contributed by atoms with van der Waals surface area (Å²) in [6.45, 7) is 2.97. The first-order valence-electron chi connectivity index (χ1n) is 7.72. The van der Waals surface area contributed by atoms with Gasteiger partial charge in [-0.2, -0.15) is 0 Å². The number of rotatable bonds is 4. The van der Waals surface area contributed by atoms with Gasteiger partial charge in [-0.15, -0.1) is 0 Å². The van der Waals surface area contributed by atoms with Crippen LogP contribution in [-0.2, 0) is 14.3 Å². The highest BCUT2D eigenvalue weighted by Crippen LogP contribution is 2.39. The number of aliphatic hydroxyl groups excluding tert-OH is 1. The Morgan fingerprint density at radius 3 is 2.83 bits per heavy atom. The number of hydrogen-bond acceptors (Lipinski definition) is 7. The number of carbonyl (C=O) groups excluding carboxylic acids is 2. The number of nitrogens with zero attached hydrogens (tertiary/aromatic N) is 1. The minimum absolute atomic E-state index is 0.160. The zero-order valence-electron chi connectivity index (χ0n) is 13.3. The number of ether oxygens (including phenoxy) is 3. The Morgan fingerprint density at radius 1 is 1.42 bits per heavy atom. The lowest BCUT2D eigenvalue weighted by Crippen LogP contribution is -2.56. The van der Waals surface area contributed by atoms with E-state index in [0.717, 1.165) is 4.90 Å². The first-order chi connectivity index (χ1) is 11.6. The molecule has 3 rings (SSSR count). The summed E-state index contributed by atoms with van der Waals surface area (Å²) in [5.74, 6) is -0.0205. The number of amides is 1. The summed E-state index contributed by atoms with van der Waals surface area (Å²) in [6, 6.07) is 5.01. The third-order valence-corrected chi connectivity index (χ3v) is 5.06. The molecular formula is C16H19NO6S. The smallest absolute Gasteiger partial charge is 0.338 e. The molecule has 2 heterocycles. The third kappa shape index (κ3) is 3.09. The summed E-state index contributed by atoms with van der Waals surface area (Å²) in [5.41, 5.74) is -0.433. The lowest BCUT2D eigenvalue weighted by atomic mass is 9.86. The molecule has 24 heavy (non-hydrogen) atoms. The standard InChI is InChI=1S/C16H19NO6S/c1-2-22-14(19)11-3-4-13-12(7-11)23-6-5-17(24-13)15(20)16(8-18)9-21-10-16/h3-4,7,18H,2,5-6,8-10H2,1H3. The third-order valence-electron chi connectivity index (χ3n) is 3.95. The lowest BCUT2D eigenvalue weighted by molar-refractivity contribution is -0.175. The van der Waals surface area contributed by atoms with Crippen LogP contribution in [0.15, 0.2) is 23.1 Å². The molecule has 1 aromatic carbocycles. The number of hydrogen-bond donors (Lipinski definition) is 1. The van der Waals surface area contributed by atoms with E-state index in [1.54, 1.807) is 29.4 Å². The summed E-state index contributed by atoms with van der Waals surface area (Å²) >= 11 is 1.25. The molecule has 130 valence electrons. The molecule has 0 atom stereocenters. The van der Waals surface area contributed by atoms with Gasteiger partial charge in [0.05, 0.1) is 43.4 Å². The summed E-state index contributed by atoms with van der Waals surface area (Å²) in [7, 11) is 0. The second-order valence-electron chi connectivity index (χ2n) is 5.66. The average Bonchev–Trinajstić information content (AvgIpc) is 2.76. The van der Waals surface area contributed by atoms with Gasteiger partial charge in [0.1, 0.15) is 17.8 Å². The van der Waals surface area contributed by atoms with Gasteiger partial charge in [0.25, 0.3) is 0 Å². The SMILES string of the molecule is CCOC(=O)c1ccc2c(c1)OCCN(C(=O)C1(CO)COC1)S2. The van der Waals surface area contributed by atoms with Gasteiger partial charge in [0.2, 0.25) is 5.91 Å². The van der Waals surface area contributed by atoms with Gasteiger partial charge in [-0.25, -0.2) is 4.79 Å². The van der Waals surface area contributed by atoms with Crippen molar-refractivity contribution in [3.8, 4) is 5.75 Å². The number of fused-ring (bicyclic) bond motifs is 1. The van der Waals surface area contributed by atoms with E-state index in [1.165, 1.54) is 11.9 Å². The zero-order chi connectivity index (χ0) is 17.2. The molecule has 0 aromatic heterocycles. The van der Waals surface area contributed by atoms with E-state index in [1.807, 2.05) is 0 Å². The molecule has 0 radical (unpaired) electrons. The summed E-state index contributed by atoms with van der Waals surface area (Å²) in [4.78, 5) is 25.2. The molecule has 0 spiro atoms. The fourth-order valence-corrected chi connectivity index (χ4v) is 3.50. The lowest BCUT2D eigenvalue weighted by Gasteiger charge is -2.40.